The minimum absolute atomic E-state index is 0. The van der Waals surface area contributed by atoms with Crippen LogP contribution in [0.2, 0.25) is 0 Å². The first-order valence-electron chi connectivity index (χ1n) is 11.7. The first-order chi connectivity index (χ1) is 16.7. The van der Waals surface area contributed by atoms with E-state index in [1.165, 1.54) is 0 Å². The number of nitrogens with one attached hydrogen (secondary N) is 1. The quantitative estimate of drug-likeness (QED) is 0.257. The molecule has 0 unspecified atom stereocenters. The van der Waals surface area contributed by atoms with Crippen LogP contribution in [0.25, 0.3) is 0 Å². The molecule has 0 heterocycles. The second-order valence-corrected chi connectivity index (χ2v) is 11.1. The normalized spacial score (nSPS) is 12.9. The molecule has 3 N–H and O–H groups in total. The van der Waals surface area contributed by atoms with Crippen LogP contribution in [0, 0.1) is 0 Å². The summed E-state index contributed by atoms with van der Waals surface area (Å²) >= 11 is 0. The standard InChI is InChI=1S/C24H28N2O2S.C6H6.Ru/c1-24(2,3)20-14-16-21(17-15-20)29(27,28)26-23(19-12-8-5-9-13-19)22(25)18-10-6-4-7-11-18;1-2-4-6-5-3-1;/h4-17,22-23,26H,25H2,1-3H3;1-6H;/t22-,23-;;/m0../s1. The van der Waals surface area contributed by atoms with Gasteiger partial charge in [-0.25, -0.2) is 13.1 Å². The van der Waals surface area contributed by atoms with Crippen molar-refractivity contribution in [3.63, 3.8) is 0 Å². The predicted molar refractivity (Wildman–Crippen MR) is 144 cm³/mol. The average molecular weight is 588 g/mol. The van der Waals surface area contributed by atoms with Gasteiger partial charge in [-0.2, -0.15) is 0 Å². The van der Waals surface area contributed by atoms with Crippen LogP contribution in [0.15, 0.2) is 126 Å². The Hall–Kier alpha value is -2.63. The van der Waals surface area contributed by atoms with Crippen LogP contribution in [0.4, 0.5) is 0 Å². The van der Waals surface area contributed by atoms with E-state index in [9.17, 15) is 8.42 Å². The van der Waals surface area contributed by atoms with Crippen molar-refractivity contribution in [2.75, 3.05) is 0 Å². The molecule has 0 aliphatic carbocycles. The summed E-state index contributed by atoms with van der Waals surface area (Å²) in [5.74, 6) is 0. The maximum Gasteiger partial charge on any atom is 0.241 e. The van der Waals surface area contributed by atoms with Gasteiger partial charge in [0.25, 0.3) is 0 Å². The van der Waals surface area contributed by atoms with Crippen molar-refractivity contribution < 1.29 is 27.9 Å². The van der Waals surface area contributed by atoms with Gasteiger partial charge < -0.3 is 5.73 Å². The summed E-state index contributed by atoms with van der Waals surface area (Å²) in [6.45, 7) is 6.29. The van der Waals surface area contributed by atoms with E-state index < -0.39 is 22.1 Å². The number of hydrogen-bond donors (Lipinski definition) is 2. The van der Waals surface area contributed by atoms with Crippen molar-refractivity contribution >= 4 is 10.0 Å². The summed E-state index contributed by atoms with van der Waals surface area (Å²) in [6, 6.07) is 36.9. The van der Waals surface area contributed by atoms with E-state index >= 15 is 0 Å². The van der Waals surface area contributed by atoms with Gasteiger partial charge in [-0.3, -0.25) is 0 Å². The van der Waals surface area contributed by atoms with Crippen LogP contribution in [-0.4, -0.2) is 8.42 Å². The van der Waals surface area contributed by atoms with Crippen LogP contribution in [0.5, 0.6) is 0 Å². The Morgan fingerprint density at radius 3 is 1.44 bits per heavy atom. The van der Waals surface area contributed by atoms with E-state index in [1.807, 2.05) is 109 Å². The molecule has 6 heteroatoms. The van der Waals surface area contributed by atoms with Crippen LogP contribution in [0.1, 0.15) is 49.5 Å². The molecule has 36 heavy (non-hydrogen) atoms. The van der Waals surface area contributed by atoms with Crippen molar-refractivity contribution in [1.82, 2.24) is 4.72 Å². The fraction of sp³-hybridized carbons (Fsp3) is 0.200. The van der Waals surface area contributed by atoms with E-state index in [4.69, 9.17) is 5.73 Å². The predicted octanol–water partition coefficient (Wildman–Crippen LogP) is 6.39. The number of rotatable bonds is 6. The van der Waals surface area contributed by atoms with Crippen molar-refractivity contribution in [3.8, 4) is 0 Å². The molecule has 4 nitrogen and oxygen atoms in total. The molecule has 0 aromatic heterocycles. The van der Waals surface area contributed by atoms with Crippen molar-refractivity contribution in [2.45, 2.75) is 43.2 Å². The molecular weight excluding hydrogens is 553 g/mol. The Kier molecular flexibility index (Phi) is 11.2. The third-order valence-corrected chi connectivity index (χ3v) is 7.14. The zero-order valence-electron chi connectivity index (χ0n) is 20.9. The van der Waals surface area contributed by atoms with Gasteiger partial charge in [0.2, 0.25) is 10.0 Å². The molecule has 0 spiro atoms. The van der Waals surface area contributed by atoms with Gasteiger partial charge >= 0.3 is 0 Å². The van der Waals surface area contributed by atoms with E-state index in [0.29, 0.717) is 0 Å². The summed E-state index contributed by atoms with van der Waals surface area (Å²) in [5, 5.41) is 0. The molecule has 0 fully saturated rings. The maximum absolute atomic E-state index is 13.1. The first kappa shape index (κ1) is 29.6. The Morgan fingerprint density at radius 1 is 0.639 bits per heavy atom. The third kappa shape index (κ3) is 8.49. The van der Waals surface area contributed by atoms with E-state index in [1.54, 1.807) is 12.1 Å². The SMILES string of the molecule is CC(C)(C)c1ccc(S(=O)(=O)N[C@@H](c2ccccc2)[C@@H](N)c2ccccc2)cc1.[Ru].c1ccccc1. The van der Waals surface area contributed by atoms with E-state index in [-0.39, 0.29) is 29.8 Å². The second kappa shape index (κ2) is 13.6. The van der Waals surface area contributed by atoms with Gasteiger partial charge in [0.15, 0.2) is 0 Å². The molecule has 0 aliphatic heterocycles. The maximum atomic E-state index is 13.1. The largest absolute Gasteiger partial charge is 0.322 e. The van der Waals surface area contributed by atoms with Crippen LogP contribution in [0.3, 0.4) is 0 Å². The minimum Gasteiger partial charge on any atom is -0.322 e. The molecule has 4 aromatic carbocycles. The number of nitrogens with two attached hydrogens (primary N) is 1. The molecular formula is C30H34N2O2RuS. The van der Waals surface area contributed by atoms with Crippen LogP contribution in [-0.2, 0) is 34.9 Å². The van der Waals surface area contributed by atoms with Gasteiger partial charge in [-0.05, 0) is 34.2 Å². The fourth-order valence-electron chi connectivity index (χ4n) is 3.63. The molecule has 0 bridgehead atoms. The molecule has 0 saturated heterocycles. The van der Waals surface area contributed by atoms with Gasteiger partial charge in [0.1, 0.15) is 0 Å². The molecule has 2 atom stereocenters. The van der Waals surface area contributed by atoms with Gasteiger partial charge in [0.05, 0.1) is 17.0 Å². The fourth-order valence-corrected chi connectivity index (χ4v) is 4.88. The molecule has 0 saturated carbocycles. The van der Waals surface area contributed by atoms with Crippen molar-refractivity contribution in [3.05, 3.63) is 138 Å². The molecule has 190 valence electrons. The number of hydrogen-bond acceptors (Lipinski definition) is 3. The minimum atomic E-state index is -3.75. The molecule has 4 aromatic rings. The van der Waals surface area contributed by atoms with Crippen molar-refractivity contribution in [1.29, 1.82) is 0 Å². The van der Waals surface area contributed by atoms with Gasteiger partial charge in [-0.1, -0.05) is 130 Å². The summed E-state index contributed by atoms with van der Waals surface area (Å²) in [7, 11) is -3.75. The monoisotopic (exact) mass is 588 g/mol. The molecule has 0 aliphatic rings. The Labute approximate surface area is 228 Å². The average Bonchev–Trinajstić information content (AvgIpc) is 2.89. The second-order valence-electron chi connectivity index (χ2n) is 9.38. The third-order valence-electron chi connectivity index (χ3n) is 5.68. The number of benzene rings is 4. The van der Waals surface area contributed by atoms with Gasteiger partial charge in [-0.15, -0.1) is 0 Å². The van der Waals surface area contributed by atoms with Gasteiger partial charge in [0, 0.05) is 19.5 Å². The summed E-state index contributed by atoms with van der Waals surface area (Å²) in [6.07, 6.45) is 0. The Balaban J connectivity index is 0.000000571. The van der Waals surface area contributed by atoms with E-state index in [0.717, 1.165) is 16.7 Å². The zero-order chi connectivity index (χ0) is 25.3. The summed E-state index contributed by atoms with van der Waals surface area (Å²) in [4.78, 5) is 0.228. The smallest absolute Gasteiger partial charge is 0.241 e. The molecule has 0 amide bonds. The van der Waals surface area contributed by atoms with Crippen LogP contribution >= 0.6 is 0 Å². The topological polar surface area (TPSA) is 72.2 Å². The Morgan fingerprint density at radius 2 is 1.03 bits per heavy atom. The van der Waals surface area contributed by atoms with Crippen LogP contribution < -0.4 is 10.5 Å². The molecule has 0 radical (unpaired) electrons. The summed E-state index contributed by atoms with van der Waals surface area (Å²) < 4.78 is 29.1. The van der Waals surface area contributed by atoms with Crippen molar-refractivity contribution in [2.24, 2.45) is 5.73 Å². The summed E-state index contributed by atoms with van der Waals surface area (Å²) in [5.41, 5.74) is 9.23. The zero-order valence-corrected chi connectivity index (χ0v) is 23.4. The number of sulfonamides is 1. The molecule has 4 rings (SSSR count). The van der Waals surface area contributed by atoms with E-state index in [2.05, 4.69) is 25.5 Å². The Bertz CT molecular complexity index is 1230. The first-order valence-corrected chi connectivity index (χ1v) is 13.2.